The Bertz CT molecular complexity index is 576. The summed E-state index contributed by atoms with van der Waals surface area (Å²) in [5.74, 6) is 0. The molecule has 2 aromatic rings. The molecule has 0 aliphatic rings. The van der Waals surface area contributed by atoms with Crippen LogP contribution in [0, 0.1) is 0 Å². The maximum absolute atomic E-state index is 12.0. The smallest absolute Gasteiger partial charge is 0.321 e. The van der Waals surface area contributed by atoms with Crippen molar-refractivity contribution >= 4 is 22.5 Å². The summed E-state index contributed by atoms with van der Waals surface area (Å²) in [5, 5.41) is 14.2. The summed E-state index contributed by atoms with van der Waals surface area (Å²) < 4.78 is 0. The van der Waals surface area contributed by atoms with Crippen LogP contribution >= 0.6 is 0 Å². The lowest BCUT2D eigenvalue weighted by atomic mass is 10.1. The van der Waals surface area contributed by atoms with Crippen LogP contribution in [-0.2, 0) is 0 Å². The van der Waals surface area contributed by atoms with Gasteiger partial charge in [-0.2, -0.15) is 0 Å². The molecular weight excluding hydrogens is 240 g/mol. The van der Waals surface area contributed by atoms with E-state index in [0.29, 0.717) is 6.54 Å². The molecule has 0 aromatic heterocycles. The van der Waals surface area contributed by atoms with E-state index >= 15 is 0 Å². The van der Waals surface area contributed by atoms with Crippen molar-refractivity contribution in [2.75, 3.05) is 18.9 Å². The van der Waals surface area contributed by atoms with Crippen LogP contribution in [0.4, 0.5) is 10.5 Å². The maximum Gasteiger partial charge on any atom is 0.321 e. The molecule has 0 aliphatic carbocycles. The Labute approximate surface area is 112 Å². The first-order valence-electron chi connectivity index (χ1n) is 6.26. The summed E-state index contributed by atoms with van der Waals surface area (Å²) in [6.07, 6.45) is -0.539. The summed E-state index contributed by atoms with van der Waals surface area (Å²) in [6, 6.07) is 13.4. The number of rotatable bonds is 3. The van der Waals surface area contributed by atoms with E-state index in [1.807, 2.05) is 42.5 Å². The van der Waals surface area contributed by atoms with E-state index in [1.54, 1.807) is 14.0 Å². The second kappa shape index (κ2) is 5.71. The lowest BCUT2D eigenvalue weighted by Crippen LogP contribution is -2.36. The van der Waals surface area contributed by atoms with E-state index in [2.05, 4.69) is 5.32 Å². The van der Waals surface area contributed by atoms with Crippen LogP contribution in [-0.4, -0.2) is 35.7 Å². The SMILES string of the molecule is CC(O)CN(C)C(=O)Nc1cccc2ccccc12. The molecule has 4 heteroatoms. The van der Waals surface area contributed by atoms with Gasteiger partial charge >= 0.3 is 6.03 Å². The van der Waals surface area contributed by atoms with Crippen LogP contribution in [0.25, 0.3) is 10.8 Å². The van der Waals surface area contributed by atoms with Gasteiger partial charge in [0.05, 0.1) is 11.8 Å². The van der Waals surface area contributed by atoms with E-state index < -0.39 is 6.10 Å². The molecule has 0 fully saturated rings. The molecule has 0 saturated carbocycles. The zero-order valence-electron chi connectivity index (χ0n) is 11.1. The largest absolute Gasteiger partial charge is 0.392 e. The quantitative estimate of drug-likeness (QED) is 0.889. The first-order valence-corrected chi connectivity index (χ1v) is 6.26. The number of carbonyl (C=O) groups is 1. The molecule has 0 aliphatic heterocycles. The number of benzene rings is 2. The van der Waals surface area contributed by atoms with Crippen molar-refractivity contribution in [2.45, 2.75) is 13.0 Å². The monoisotopic (exact) mass is 258 g/mol. The topological polar surface area (TPSA) is 52.6 Å². The molecule has 100 valence electrons. The van der Waals surface area contributed by atoms with E-state index in [0.717, 1.165) is 16.5 Å². The van der Waals surface area contributed by atoms with Crippen molar-refractivity contribution in [2.24, 2.45) is 0 Å². The zero-order valence-corrected chi connectivity index (χ0v) is 11.1. The fourth-order valence-corrected chi connectivity index (χ4v) is 2.02. The Morgan fingerprint density at radius 3 is 2.68 bits per heavy atom. The predicted octanol–water partition coefficient (Wildman–Crippen LogP) is 2.68. The third-order valence-electron chi connectivity index (χ3n) is 2.92. The standard InChI is InChI=1S/C15H18N2O2/c1-11(18)10-17(2)15(19)16-14-9-5-7-12-6-3-4-8-13(12)14/h3-9,11,18H,10H2,1-2H3,(H,16,19). The van der Waals surface area contributed by atoms with Gasteiger partial charge in [-0.05, 0) is 18.4 Å². The van der Waals surface area contributed by atoms with Crippen LogP contribution in [0.2, 0.25) is 0 Å². The molecule has 0 spiro atoms. The second-order valence-corrected chi connectivity index (χ2v) is 4.69. The van der Waals surface area contributed by atoms with Gasteiger partial charge in [0.2, 0.25) is 0 Å². The number of fused-ring (bicyclic) bond motifs is 1. The molecule has 0 heterocycles. The molecule has 2 aromatic carbocycles. The van der Waals surface area contributed by atoms with Gasteiger partial charge in [-0.15, -0.1) is 0 Å². The normalized spacial score (nSPS) is 12.2. The third-order valence-corrected chi connectivity index (χ3v) is 2.92. The molecule has 0 bridgehead atoms. The number of aliphatic hydroxyl groups excluding tert-OH is 1. The minimum atomic E-state index is -0.539. The highest BCUT2D eigenvalue weighted by atomic mass is 16.3. The number of anilines is 1. The van der Waals surface area contributed by atoms with Crippen molar-refractivity contribution in [3.63, 3.8) is 0 Å². The minimum Gasteiger partial charge on any atom is -0.392 e. The van der Waals surface area contributed by atoms with Crippen LogP contribution in [0.3, 0.4) is 0 Å². The fraction of sp³-hybridized carbons (Fsp3) is 0.267. The Morgan fingerprint density at radius 1 is 1.26 bits per heavy atom. The van der Waals surface area contributed by atoms with E-state index in [-0.39, 0.29) is 6.03 Å². The molecule has 4 nitrogen and oxygen atoms in total. The van der Waals surface area contributed by atoms with Gasteiger partial charge in [0.25, 0.3) is 0 Å². The molecule has 2 rings (SSSR count). The Hall–Kier alpha value is -2.07. The predicted molar refractivity (Wildman–Crippen MR) is 77.3 cm³/mol. The fourth-order valence-electron chi connectivity index (χ4n) is 2.02. The van der Waals surface area contributed by atoms with E-state index in [1.165, 1.54) is 4.90 Å². The van der Waals surface area contributed by atoms with Crippen molar-refractivity contribution in [3.05, 3.63) is 42.5 Å². The number of likely N-dealkylation sites (N-methyl/N-ethyl adjacent to an activating group) is 1. The summed E-state index contributed by atoms with van der Waals surface area (Å²) in [5.41, 5.74) is 0.778. The summed E-state index contributed by atoms with van der Waals surface area (Å²) in [6.45, 7) is 1.96. The number of carbonyl (C=O) groups excluding carboxylic acids is 1. The number of hydrogen-bond donors (Lipinski definition) is 2. The van der Waals surface area contributed by atoms with Crippen molar-refractivity contribution in [1.29, 1.82) is 0 Å². The van der Waals surface area contributed by atoms with E-state index in [9.17, 15) is 9.90 Å². The van der Waals surface area contributed by atoms with Gasteiger partial charge in [-0.1, -0.05) is 36.4 Å². The first-order chi connectivity index (χ1) is 9.08. The lowest BCUT2D eigenvalue weighted by Gasteiger charge is -2.20. The van der Waals surface area contributed by atoms with Gasteiger partial charge < -0.3 is 15.3 Å². The number of urea groups is 1. The van der Waals surface area contributed by atoms with Crippen molar-refractivity contribution in [3.8, 4) is 0 Å². The summed E-state index contributed by atoms with van der Waals surface area (Å²) >= 11 is 0. The van der Waals surface area contributed by atoms with Crippen LogP contribution < -0.4 is 5.32 Å². The van der Waals surface area contributed by atoms with Gasteiger partial charge in [-0.25, -0.2) is 4.79 Å². The van der Waals surface area contributed by atoms with Gasteiger partial charge in [0.1, 0.15) is 0 Å². The van der Waals surface area contributed by atoms with Crippen molar-refractivity contribution < 1.29 is 9.90 Å². The molecule has 19 heavy (non-hydrogen) atoms. The number of nitrogens with one attached hydrogen (secondary N) is 1. The molecule has 2 N–H and O–H groups in total. The number of hydrogen-bond acceptors (Lipinski definition) is 2. The molecular formula is C15H18N2O2. The van der Waals surface area contributed by atoms with E-state index in [4.69, 9.17) is 0 Å². The first kappa shape index (κ1) is 13.4. The van der Waals surface area contributed by atoms with Crippen LogP contribution in [0.1, 0.15) is 6.92 Å². The molecule has 2 amide bonds. The molecule has 0 saturated heterocycles. The average Bonchev–Trinajstić information content (AvgIpc) is 2.38. The highest BCUT2D eigenvalue weighted by Crippen LogP contribution is 2.23. The van der Waals surface area contributed by atoms with Gasteiger partial charge in [-0.3, -0.25) is 0 Å². The summed E-state index contributed by atoms with van der Waals surface area (Å²) in [4.78, 5) is 13.5. The molecule has 1 unspecified atom stereocenters. The second-order valence-electron chi connectivity index (χ2n) is 4.69. The zero-order chi connectivity index (χ0) is 13.8. The Balaban J connectivity index is 2.19. The highest BCUT2D eigenvalue weighted by Gasteiger charge is 2.11. The van der Waals surface area contributed by atoms with Crippen molar-refractivity contribution in [1.82, 2.24) is 4.90 Å². The Morgan fingerprint density at radius 2 is 1.95 bits per heavy atom. The lowest BCUT2D eigenvalue weighted by molar-refractivity contribution is 0.149. The minimum absolute atomic E-state index is 0.225. The summed E-state index contributed by atoms with van der Waals surface area (Å²) in [7, 11) is 1.66. The number of amides is 2. The Kier molecular flexibility index (Phi) is 4.02. The third kappa shape index (κ3) is 3.23. The molecule has 1 atom stereocenters. The van der Waals surface area contributed by atoms with Gasteiger partial charge in [0, 0.05) is 19.0 Å². The number of nitrogens with zero attached hydrogens (tertiary/aromatic N) is 1. The number of aliphatic hydroxyl groups is 1. The highest BCUT2D eigenvalue weighted by molar-refractivity contribution is 6.01. The van der Waals surface area contributed by atoms with Crippen LogP contribution in [0.15, 0.2) is 42.5 Å². The van der Waals surface area contributed by atoms with Gasteiger partial charge in [0.15, 0.2) is 0 Å². The average molecular weight is 258 g/mol. The maximum atomic E-state index is 12.0. The van der Waals surface area contributed by atoms with Crippen LogP contribution in [0.5, 0.6) is 0 Å². The molecule has 0 radical (unpaired) electrons.